The smallest absolute Gasteiger partial charge is 0.157 e. The maximum atomic E-state index is 10.9. The summed E-state index contributed by atoms with van der Waals surface area (Å²) in [5, 5.41) is 27.8. The number of benzene rings is 1. The second kappa shape index (κ2) is 6.69. The molecule has 0 spiro atoms. The van der Waals surface area contributed by atoms with E-state index in [2.05, 4.69) is 0 Å². The summed E-state index contributed by atoms with van der Waals surface area (Å²) >= 11 is 0. The molecule has 2 rings (SSSR count). The van der Waals surface area contributed by atoms with Crippen molar-refractivity contribution in [2.75, 3.05) is 19.8 Å². The minimum Gasteiger partial charge on any atom is -0.507 e. The zero-order chi connectivity index (χ0) is 14.5. The van der Waals surface area contributed by atoms with Gasteiger partial charge in [-0.1, -0.05) is 6.07 Å². The molecule has 20 heavy (non-hydrogen) atoms. The number of likely N-dealkylation sites (tertiary alicyclic amines) is 1. The van der Waals surface area contributed by atoms with Crippen LogP contribution in [0, 0.1) is 5.92 Å². The number of nitrogens with zero attached hydrogens (tertiary/aromatic N) is 1. The first kappa shape index (κ1) is 14.8. The third-order valence-electron chi connectivity index (χ3n) is 3.62. The molecule has 1 saturated heterocycles. The van der Waals surface area contributed by atoms with Crippen molar-refractivity contribution in [2.24, 2.45) is 5.92 Å². The van der Waals surface area contributed by atoms with E-state index < -0.39 is 6.29 Å². The van der Waals surface area contributed by atoms with Gasteiger partial charge in [0, 0.05) is 19.0 Å². The van der Waals surface area contributed by atoms with Gasteiger partial charge in [-0.15, -0.1) is 0 Å². The van der Waals surface area contributed by atoms with Crippen LogP contribution in [0.1, 0.15) is 23.2 Å². The Morgan fingerprint density at radius 1 is 1.35 bits per heavy atom. The zero-order valence-corrected chi connectivity index (χ0v) is 11.1. The number of aldehydes is 1. The van der Waals surface area contributed by atoms with Crippen LogP contribution in [-0.2, 0) is 0 Å². The molecule has 1 aliphatic heterocycles. The van der Waals surface area contributed by atoms with Crippen LogP contribution < -0.4 is 4.74 Å². The first-order valence-corrected chi connectivity index (χ1v) is 6.60. The van der Waals surface area contributed by atoms with Gasteiger partial charge < -0.3 is 20.1 Å². The summed E-state index contributed by atoms with van der Waals surface area (Å²) in [6.45, 7) is 1.72. The largest absolute Gasteiger partial charge is 0.507 e. The highest BCUT2D eigenvalue weighted by Gasteiger charge is 2.24. The molecule has 0 atom stereocenters. The summed E-state index contributed by atoms with van der Waals surface area (Å²) < 4.78 is 5.55. The number of ether oxygens (including phenoxy) is 1. The van der Waals surface area contributed by atoms with Gasteiger partial charge in [-0.2, -0.15) is 0 Å². The van der Waals surface area contributed by atoms with Crippen LogP contribution in [0.25, 0.3) is 0 Å². The highest BCUT2D eigenvalue weighted by Crippen LogP contribution is 2.26. The summed E-state index contributed by atoms with van der Waals surface area (Å²) in [6, 6.07) is 4.68. The maximum absolute atomic E-state index is 10.9. The lowest BCUT2D eigenvalue weighted by Crippen LogP contribution is -2.39. The first-order chi connectivity index (χ1) is 9.61. The molecule has 1 heterocycles. The zero-order valence-electron chi connectivity index (χ0n) is 11.1. The van der Waals surface area contributed by atoms with Gasteiger partial charge in [0.15, 0.2) is 12.6 Å². The average molecular weight is 281 g/mol. The summed E-state index contributed by atoms with van der Waals surface area (Å²) in [5.74, 6) is 0.168. The van der Waals surface area contributed by atoms with E-state index in [1.807, 2.05) is 4.90 Å². The summed E-state index contributed by atoms with van der Waals surface area (Å²) in [5.41, 5.74) is 0.146. The van der Waals surface area contributed by atoms with Gasteiger partial charge in [-0.25, -0.2) is 0 Å². The van der Waals surface area contributed by atoms with E-state index in [4.69, 9.17) is 14.9 Å². The Balaban J connectivity index is 1.88. The molecule has 0 radical (unpaired) electrons. The fraction of sp³-hybridized carbons (Fsp3) is 0.500. The summed E-state index contributed by atoms with van der Waals surface area (Å²) in [7, 11) is 0. The Bertz CT molecular complexity index is 455. The van der Waals surface area contributed by atoms with Crippen LogP contribution in [-0.4, -0.2) is 52.6 Å². The highest BCUT2D eigenvalue weighted by molar-refractivity contribution is 5.83. The van der Waals surface area contributed by atoms with Gasteiger partial charge in [-0.05, 0) is 25.0 Å². The molecule has 110 valence electrons. The third-order valence-corrected chi connectivity index (χ3v) is 3.62. The molecule has 0 bridgehead atoms. The van der Waals surface area contributed by atoms with Crippen LogP contribution in [0.5, 0.6) is 11.5 Å². The van der Waals surface area contributed by atoms with Gasteiger partial charge in [0.1, 0.15) is 18.2 Å². The van der Waals surface area contributed by atoms with Gasteiger partial charge >= 0.3 is 0 Å². The Morgan fingerprint density at radius 2 is 2.05 bits per heavy atom. The molecular weight excluding hydrogens is 262 g/mol. The number of piperidine rings is 1. The lowest BCUT2D eigenvalue weighted by atomic mass is 9.97. The van der Waals surface area contributed by atoms with E-state index in [9.17, 15) is 9.90 Å². The molecule has 0 aromatic heterocycles. The number of hydrogen-bond donors (Lipinski definition) is 3. The van der Waals surface area contributed by atoms with E-state index >= 15 is 0 Å². The monoisotopic (exact) mass is 281 g/mol. The highest BCUT2D eigenvalue weighted by atomic mass is 16.5. The van der Waals surface area contributed by atoms with E-state index in [1.165, 1.54) is 6.07 Å². The molecule has 1 aliphatic rings. The van der Waals surface area contributed by atoms with Crippen molar-refractivity contribution in [3.63, 3.8) is 0 Å². The van der Waals surface area contributed by atoms with Crippen molar-refractivity contribution < 1.29 is 24.9 Å². The molecular formula is C14H19NO5. The molecule has 3 N–H and O–H groups in total. The molecule has 6 heteroatoms. The molecule has 1 aromatic rings. The number of hydrogen-bond acceptors (Lipinski definition) is 6. The average Bonchev–Trinajstić information content (AvgIpc) is 2.45. The lowest BCUT2D eigenvalue weighted by molar-refractivity contribution is -0.101. The van der Waals surface area contributed by atoms with Crippen molar-refractivity contribution >= 4 is 6.29 Å². The fourth-order valence-corrected chi connectivity index (χ4v) is 2.32. The number of carbonyl (C=O) groups is 1. The van der Waals surface area contributed by atoms with E-state index in [0.29, 0.717) is 44.7 Å². The molecule has 0 saturated carbocycles. The number of phenols is 1. The number of aliphatic hydroxyl groups is 2. The molecule has 1 fully saturated rings. The van der Waals surface area contributed by atoms with Crippen molar-refractivity contribution in [3.05, 3.63) is 23.8 Å². The Kier molecular flexibility index (Phi) is 4.94. The normalized spacial score (nSPS) is 17.4. The quantitative estimate of drug-likeness (QED) is 0.540. The van der Waals surface area contributed by atoms with Gasteiger partial charge in [0.05, 0.1) is 5.56 Å². The summed E-state index contributed by atoms with van der Waals surface area (Å²) in [4.78, 5) is 12.9. The Morgan fingerprint density at radius 3 is 2.65 bits per heavy atom. The second-order valence-electron chi connectivity index (χ2n) is 4.95. The van der Waals surface area contributed by atoms with E-state index in [0.717, 1.165) is 0 Å². The van der Waals surface area contributed by atoms with Crippen LogP contribution >= 0.6 is 0 Å². The number of rotatable bonds is 5. The topological polar surface area (TPSA) is 90.2 Å². The Hall–Kier alpha value is -1.63. The summed E-state index contributed by atoms with van der Waals surface area (Å²) in [6.07, 6.45) is 0.702. The second-order valence-corrected chi connectivity index (χ2v) is 4.95. The SMILES string of the molecule is O=Cc1c(O)cccc1OCN1CCC(C(O)O)CC1. The van der Waals surface area contributed by atoms with Crippen molar-refractivity contribution in [1.82, 2.24) is 4.90 Å². The van der Waals surface area contributed by atoms with Crippen molar-refractivity contribution in [3.8, 4) is 11.5 Å². The van der Waals surface area contributed by atoms with Crippen molar-refractivity contribution in [2.45, 2.75) is 19.1 Å². The predicted octanol–water partition coefficient (Wildman–Crippen LogP) is 0.564. The van der Waals surface area contributed by atoms with Crippen LogP contribution in [0.15, 0.2) is 18.2 Å². The predicted molar refractivity (Wildman–Crippen MR) is 71.5 cm³/mol. The van der Waals surface area contributed by atoms with E-state index in [-0.39, 0.29) is 17.2 Å². The molecule has 1 aromatic carbocycles. The van der Waals surface area contributed by atoms with Gasteiger partial charge in [-0.3, -0.25) is 9.69 Å². The minimum atomic E-state index is -1.26. The molecule has 0 amide bonds. The third kappa shape index (κ3) is 3.47. The standard InChI is InChI=1S/C14H19NO5/c16-8-11-12(17)2-1-3-13(11)20-9-15-6-4-10(5-7-15)14(18)19/h1-3,8,10,14,17-19H,4-7,9H2. The van der Waals surface area contributed by atoms with Gasteiger partial charge in [0.2, 0.25) is 0 Å². The molecule has 6 nitrogen and oxygen atoms in total. The van der Waals surface area contributed by atoms with Crippen LogP contribution in [0.4, 0.5) is 0 Å². The number of aromatic hydroxyl groups is 1. The lowest BCUT2D eigenvalue weighted by Gasteiger charge is -2.32. The minimum absolute atomic E-state index is 0.0856. The van der Waals surface area contributed by atoms with Crippen LogP contribution in [0.2, 0.25) is 0 Å². The van der Waals surface area contributed by atoms with E-state index in [1.54, 1.807) is 12.1 Å². The molecule has 0 aliphatic carbocycles. The fourth-order valence-electron chi connectivity index (χ4n) is 2.32. The maximum Gasteiger partial charge on any atom is 0.157 e. The number of aliphatic hydroxyl groups excluding tert-OH is 1. The Labute approximate surface area is 117 Å². The number of phenolic OH excluding ortho intramolecular Hbond substituents is 1. The number of carbonyl (C=O) groups excluding carboxylic acids is 1. The first-order valence-electron chi connectivity index (χ1n) is 6.60. The van der Waals surface area contributed by atoms with Crippen LogP contribution in [0.3, 0.4) is 0 Å². The van der Waals surface area contributed by atoms with Gasteiger partial charge in [0.25, 0.3) is 0 Å². The molecule has 0 unspecified atom stereocenters. The van der Waals surface area contributed by atoms with Crippen molar-refractivity contribution in [1.29, 1.82) is 0 Å².